The van der Waals surface area contributed by atoms with Crippen LogP contribution < -0.4 is 5.73 Å². The molecule has 0 saturated heterocycles. The Hall–Kier alpha value is -2.02. The van der Waals surface area contributed by atoms with Gasteiger partial charge in [0.2, 0.25) is 0 Å². The first kappa shape index (κ1) is 10.2. The lowest BCUT2D eigenvalue weighted by Gasteiger charge is -2.08. The summed E-state index contributed by atoms with van der Waals surface area (Å²) < 4.78 is 0. The van der Waals surface area contributed by atoms with Crippen molar-refractivity contribution in [1.82, 2.24) is 0 Å². The lowest BCUT2D eigenvalue weighted by atomic mass is 9.98. The third-order valence-corrected chi connectivity index (χ3v) is 3.38. The minimum absolute atomic E-state index is 0.857. The van der Waals surface area contributed by atoms with Crippen molar-refractivity contribution in [2.24, 2.45) is 0 Å². The van der Waals surface area contributed by atoms with Crippen molar-refractivity contribution in [1.29, 1.82) is 0 Å². The van der Waals surface area contributed by atoms with Gasteiger partial charge in [0.25, 0.3) is 0 Å². The zero-order chi connectivity index (χ0) is 11.8. The zero-order valence-electron chi connectivity index (χ0n) is 9.90. The van der Waals surface area contributed by atoms with Gasteiger partial charge in [-0.25, -0.2) is 0 Å². The molecule has 17 heavy (non-hydrogen) atoms. The highest BCUT2D eigenvalue weighted by Crippen LogP contribution is 2.28. The molecule has 0 amide bonds. The second-order valence-corrected chi connectivity index (χ2v) is 4.41. The van der Waals surface area contributed by atoms with Gasteiger partial charge in [-0.05, 0) is 46.3 Å². The van der Waals surface area contributed by atoms with E-state index in [1.54, 1.807) is 0 Å². The summed E-state index contributed by atoms with van der Waals surface area (Å²) in [5, 5.41) is 4.98. The maximum absolute atomic E-state index is 6.04. The molecule has 3 aromatic carbocycles. The molecule has 0 atom stereocenters. The zero-order valence-corrected chi connectivity index (χ0v) is 9.90. The predicted octanol–water partition coefficient (Wildman–Crippen LogP) is 4.14. The first-order valence-electron chi connectivity index (χ1n) is 5.99. The van der Waals surface area contributed by atoms with Gasteiger partial charge in [-0.3, -0.25) is 0 Å². The molecule has 84 valence electrons. The molecule has 0 aliphatic heterocycles. The van der Waals surface area contributed by atoms with E-state index in [0.29, 0.717) is 0 Å². The van der Waals surface area contributed by atoms with Gasteiger partial charge in [0.05, 0.1) is 0 Å². The van der Waals surface area contributed by atoms with Crippen LogP contribution in [0.4, 0.5) is 5.69 Å². The number of aryl methyl sites for hydroxylation is 1. The topological polar surface area (TPSA) is 26.0 Å². The highest BCUT2D eigenvalue weighted by Gasteiger charge is 2.03. The van der Waals surface area contributed by atoms with Crippen LogP contribution >= 0.6 is 0 Å². The van der Waals surface area contributed by atoms with E-state index in [-0.39, 0.29) is 0 Å². The fourth-order valence-corrected chi connectivity index (χ4v) is 2.45. The van der Waals surface area contributed by atoms with Crippen molar-refractivity contribution >= 4 is 27.2 Å². The van der Waals surface area contributed by atoms with E-state index in [1.165, 1.54) is 21.7 Å². The fourth-order valence-electron chi connectivity index (χ4n) is 2.45. The Morgan fingerprint density at radius 2 is 1.59 bits per heavy atom. The number of fused-ring (bicyclic) bond motifs is 2. The maximum Gasteiger partial charge on any atom is 0.0393 e. The number of anilines is 1. The molecule has 3 rings (SSSR count). The van der Waals surface area contributed by atoms with E-state index < -0.39 is 0 Å². The summed E-state index contributed by atoms with van der Waals surface area (Å²) in [5.74, 6) is 0. The first-order chi connectivity index (χ1) is 8.29. The van der Waals surface area contributed by atoms with Crippen molar-refractivity contribution in [3.63, 3.8) is 0 Å². The van der Waals surface area contributed by atoms with Crippen LogP contribution in [0, 0.1) is 0 Å². The van der Waals surface area contributed by atoms with E-state index in [1.807, 2.05) is 12.1 Å². The third kappa shape index (κ3) is 1.55. The molecule has 1 heteroatoms. The van der Waals surface area contributed by atoms with Crippen LogP contribution in [0.5, 0.6) is 0 Å². The Labute approximate surface area is 101 Å². The average Bonchev–Trinajstić information content (AvgIpc) is 2.36. The number of hydrogen-bond donors (Lipinski definition) is 1. The van der Waals surface area contributed by atoms with Gasteiger partial charge in [-0.2, -0.15) is 0 Å². The van der Waals surface area contributed by atoms with Gasteiger partial charge in [0, 0.05) is 11.1 Å². The molecule has 0 unspecified atom stereocenters. The molecule has 2 N–H and O–H groups in total. The van der Waals surface area contributed by atoms with Gasteiger partial charge in [-0.1, -0.05) is 37.3 Å². The van der Waals surface area contributed by atoms with Crippen LogP contribution in [0.3, 0.4) is 0 Å². The highest BCUT2D eigenvalue weighted by molar-refractivity contribution is 6.04. The lowest BCUT2D eigenvalue weighted by molar-refractivity contribution is 1.16. The molecule has 0 radical (unpaired) electrons. The van der Waals surface area contributed by atoms with Gasteiger partial charge in [0.15, 0.2) is 0 Å². The number of rotatable bonds is 1. The summed E-state index contributed by atoms with van der Waals surface area (Å²) in [7, 11) is 0. The quantitative estimate of drug-likeness (QED) is 0.485. The molecule has 0 aromatic heterocycles. The van der Waals surface area contributed by atoms with Crippen molar-refractivity contribution in [2.45, 2.75) is 13.3 Å². The average molecular weight is 221 g/mol. The summed E-state index contributed by atoms with van der Waals surface area (Å²) in [5.41, 5.74) is 8.28. The molecule has 0 spiro atoms. The monoisotopic (exact) mass is 221 g/mol. The Morgan fingerprint density at radius 1 is 0.882 bits per heavy atom. The van der Waals surface area contributed by atoms with E-state index in [9.17, 15) is 0 Å². The van der Waals surface area contributed by atoms with Crippen molar-refractivity contribution in [2.75, 3.05) is 5.73 Å². The molecular formula is C16H15N. The van der Waals surface area contributed by atoms with Crippen LogP contribution in [0.1, 0.15) is 12.5 Å². The van der Waals surface area contributed by atoms with Crippen LogP contribution in [0.2, 0.25) is 0 Å². The maximum atomic E-state index is 6.04. The largest absolute Gasteiger partial charge is 0.398 e. The second kappa shape index (κ2) is 3.77. The van der Waals surface area contributed by atoms with Gasteiger partial charge in [-0.15, -0.1) is 0 Å². The number of nitrogens with two attached hydrogens (primary N) is 1. The summed E-state index contributed by atoms with van der Waals surface area (Å²) in [6, 6.07) is 17.0. The minimum Gasteiger partial charge on any atom is -0.398 e. The SMILES string of the molecule is CCc1cccc2cc3cccc(N)c3cc12. The fraction of sp³-hybridized carbons (Fsp3) is 0.125. The molecule has 0 bridgehead atoms. The van der Waals surface area contributed by atoms with Gasteiger partial charge < -0.3 is 5.73 Å². The predicted molar refractivity (Wildman–Crippen MR) is 75.2 cm³/mol. The molecule has 0 aliphatic carbocycles. The second-order valence-electron chi connectivity index (χ2n) is 4.41. The van der Waals surface area contributed by atoms with E-state index in [4.69, 9.17) is 5.73 Å². The molecule has 0 heterocycles. The Balaban J connectivity index is 2.49. The molecule has 0 fully saturated rings. The van der Waals surface area contributed by atoms with Crippen LogP contribution in [0.25, 0.3) is 21.5 Å². The third-order valence-electron chi connectivity index (χ3n) is 3.38. The van der Waals surface area contributed by atoms with Crippen LogP contribution in [-0.2, 0) is 6.42 Å². The minimum atomic E-state index is 0.857. The van der Waals surface area contributed by atoms with Gasteiger partial charge in [0.1, 0.15) is 0 Å². The van der Waals surface area contributed by atoms with Crippen molar-refractivity contribution in [3.05, 3.63) is 54.1 Å². The number of nitrogen functional groups attached to an aromatic ring is 1. The van der Waals surface area contributed by atoms with Crippen molar-refractivity contribution < 1.29 is 0 Å². The highest BCUT2D eigenvalue weighted by atomic mass is 14.5. The van der Waals surface area contributed by atoms with Crippen LogP contribution in [-0.4, -0.2) is 0 Å². The summed E-state index contributed by atoms with van der Waals surface area (Å²) in [6.45, 7) is 2.19. The Bertz CT molecular complexity index is 698. The summed E-state index contributed by atoms with van der Waals surface area (Å²) >= 11 is 0. The Kier molecular flexibility index (Phi) is 2.25. The first-order valence-corrected chi connectivity index (χ1v) is 5.99. The van der Waals surface area contributed by atoms with E-state index in [0.717, 1.165) is 17.5 Å². The molecule has 3 aromatic rings. The standard InChI is InChI=1S/C16H15N/c1-2-11-5-3-6-12-9-13-7-4-8-16(17)15(13)10-14(11)12/h3-10H,2,17H2,1H3. The molecule has 0 saturated carbocycles. The molecule has 0 aliphatic rings. The molecule has 1 nitrogen and oxygen atoms in total. The number of hydrogen-bond acceptors (Lipinski definition) is 1. The van der Waals surface area contributed by atoms with E-state index in [2.05, 4.69) is 43.3 Å². The van der Waals surface area contributed by atoms with Crippen molar-refractivity contribution in [3.8, 4) is 0 Å². The Morgan fingerprint density at radius 3 is 2.35 bits per heavy atom. The van der Waals surface area contributed by atoms with Gasteiger partial charge >= 0.3 is 0 Å². The lowest BCUT2D eigenvalue weighted by Crippen LogP contribution is -1.88. The summed E-state index contributed by atoms with van der Waals surface area (Å²) in [4.78, 5) is 0. The molecular weight excluding hydrogens is 206 g/mol. The van der Waals surface area contributed by atoms with E-state index >= 15 is 0 Å². The van der Waals surface area contributed by atoms with Crippen LogP contribution in [0.15, 0.2) is 48.5 Å². The number of benzene rings is 3. The summed E-state index contributed by atoms with van der Waals surface area (Å²) in [6.07, 6.45) is 1.05. The normalized spacial score (nSPS) is 11.1. The smallest absolute Gasteiger partial charge is 0.0393 e.